The molecular formula is C11H19NO. The van der Waals surface area contributed by atoms with Gasteiger partial charge in [0.1, 0.15) is 5.76 Å². The van der Waals surface area contributed by atoms with Crippen LogP contribution in [0.4, 0.5) is 0 Å². The third-order valence-electron chi connectivity index (χ3n) is 1.23. The van der Waals surface area contributed by atoms with Gasteiger partial charge in [-0.15, -0.1) is 0 Å². The predicted octanol–water partition coefficient (Wildman–Crippen LogP) is 2.59. The third kappa shape index (κ3) is 7.19. The molecule has 0 radical (unpaired) electrons. The van der Waals surface area contributed by atoms with Gasteiger partial charge in [0.05, 0.1) is 6.61 Å². The number of hydrogen-bond acceptors (Lipinski definition) is 2. The van der Waals surface area contributed by atoms with Gasteiger partial charge in [0.25, 0.3) is 0 Å². The fraction of sp³-hybridized carbons (Fsp3) is 0.455. The summed E-state index contributed by atoms with van der Waals surface area (Å²) in [6, 6.07) is 0. The quantitative estimate of drug-likeness (QED) is 0.522. The molecule has 0 amide bonds. The summed E-state index contributed by atoms with van der Waals surface area (Å²) in [5, 5.41) is 0. The van der Waals surface area contributed by atoms with Crippen LogP contribution in [0.3, 0.4) is 0 Å². The number of nitrogens with two attached hydrogens (primary N) is 1. The van der Waals surface area contributed by atoms with Crippen LogP contribution in [0.5, 0.6) is 0 Å². The highest BCUT2D eigenvalue weighted by Crippen LogP contribution is 2.06. The van der Waals surface area contributed by atoms with Gasteiger partial charge in [-0.1, -0.05) is 26.0 Å². The Morgan fingerprint density at radius 3 is 2.54 bits per heavy atom. The zero-order chi connectivity index (χ0) is 10.3. The molecule has 0 saturated heterocycles. The van der Waals surface area contributed by atoms with E-state index in [4.69, 9.17) is 10.5 Å². The first kappa shape index (κ1) is 11.8. The first-order valence-corrected chi connectivity index (χ1v) is 4.44. The molecule has 13 heavy (non-hydrogen) atoms. The van der Waals surface area contributed by atoms with E-state index in [-0.39, 0.29) is 0 Å². The third-order valence-corrected chi connectivity index (χ3v) is 1.23. The van der Waals surface area contributed by atoms with Gasteiger partial charge >= 0.3 is 0 Å². The highest BCUT2D eigenvalue weighted by atomic mass is 16.5. The van der Waals surface area contributed by atoms with Gasteiger partial charge in [-0.25, -0.2) is 0 Å². The summed E-state index contributed by atoms with van der Waals surface area (Å²) in [6.07, 6.45) is 5.07. The molecule has 2 heteroatoms. The van der Waals surface area contributed by atoms with E-state index >= 15 is 0 Å². The van der Waals surface area contributed by atoms with Crippen molar-refractivity contribution in [2.75, 3.05) is 6.61 Å². The summed E-state index contributed by atoms with van der Waals surface area (Å²) in [5.74, 6) is 1.28. The van der Waals surface area contributed by atoms with Crippen molar-refractivity contribution in [1.82, 2.24) is 0 Å². The smallest absolute Gasteiger partial charge is 0.120 e. The number of rotatable bonds is 5. The van der Waals surface area contributed by atoms with E-state index in [2.05, 4.69) is 20.4 Å². The van der Waals surface area contributed by atoms with Crippen LogP contribution in [0.1, 0.15) is 20.8 Å². The molecule has 0 aromatic rings. The molecule has 0 heterocycles. The Kier molecular flexibility index (Phi) is 5.77. The molecule has 2 N–H and O–H groups in total. The van der Waals surface area contributed by atoms with Crippen LogP contribution >= 0.6 is 0 Å². The maximum atomic E-state index is 5.49. The lowest BCUT2D eigenvalue weighted by atomic mass is 10.2. The molecule has 0 atom stereocenters. The molecule has 0 bridgehead atoms. The number of allylic oxidation sites excluding steroid dienone is 3. The van der Waals surface area contributed by atoms with Crippen molar-refractivity contribution < 1.29 is 4.74 Å². The summed E-state index contributed by atoms with van der Waals surface area (Å²) in [5.41, 5.74) is 6.24. The van der Waals surface area contributed by atoms with Gasteiger partial charge in [0.15, 0.2) is 0 Å². The summed E-state index contributed by atoms with van der Waals surface area (Å²) in [4.78, 5) is 0. The lowest BCUT2D eigenvalue weighted by Crippen LogP contribution is -2.01. The molecule has 0 aromatic carbocycles. The van der Waals surface area contributed by atoms with E-state index in [0.29, 0.717) is 12.5 Å². The van der Waals surface area contributed by atoms with Crippen molar-refractivity contribution in [3.8, 4) is 0 Å². The predicted molar refractivity (Wildman–Crippen MR) is 57.0 cm³/mol. The second-order valence-corrected chi connectivity index (χ2v) is 3.46. The van der Waals surface area contributed by atoms with Crippen LogP contribution in [0, 0.1) is 5.92 Å². The molecule has 0 spiro atoms. The molecule has 74 valence electrons. The van der Waals surface area contributed by atoms with Crippen LogP contribution in [0.2, 0.25) is 0 Å². The van der Waals surface area contributed by atoms with Crippen LogP contribution in [-0.2, 0) is 4.74 Å². The molecule has 0 rings (SSSR count). The SMILES string of the molecule is C=C(C)/C=C(\C=C/N)OCC(C)C. The van der Waals surface area contributed by atoms with Crippen LogP contribution in [0.15, 0.2) is 36.3 Å². The van der Waals surface area contributed by atoms with Crippen LogP contribution in [0.25, 0.3) is 0 Å². The molecule has 0 fully saturated rings. The summed E-state index contributed by atoms with van der Waals surface area (Å²) in [6.45, 7) is 10.6. The Hall–Kier alpha value is -1.18. The van der Waals surface area contributed by atoms with Crippen molar-refractivity contribution in [1.29, 1.82) is 0 Å². The first-order valence-electron chi connectivity index (χ1n) is 4.44. The maximum Gasteiger partial charge on any atom is 0.120 e. The average molecular weight is 181 g/mol. The molecular weight excluding hydrogens is 162 g/mol. The van der Waals surface area contributed by atoms with Gasteiger partial charge in [-0.05, 0) is 31.2 Å². The normalized spacial score (nSPS) is 12.5. The molecule has 0 unspecified atom stereocenters. The van der Waals surface area contributed by atoms with E-state index in [0.717, 1.165) is 11.3 Å². The minimum Gasteiger partial charge on any atom is -0.493 e. The topological polar surface area (TPSA) is 35.2 Å². The molecule has 0 saturated carbocycles. The fourth-order valence-electron chi connectivity index (χ4n) is 0.738. The maximum absolute atomic E-state index is 5.49. The first-order chi connectivity index (χ1) is 6.06. The number of hydrogen-bond donors (Lipinski definition) is 1. The number of ether oxygens (including phenoxy) is 1. The van der Waals surface area contributed by atoms with E-state index < -0.39 is 0 Å². The molecule has 0 aliphatic heterocycles. The van der Waals surface area contributed by atoms with Crippen molar-refractivity contribution in [2.45, 2.75) is 20.8 Å². The van der Waals surface area contributed by atoms with E-state index in [1.165, 1.54) is 6.20 Å². The highest BCUT2D eigenvalue weighted by molar-refractivity contribution is 5.22. The van der Waals surface area contributed by atoms with Crippen molar-refractivity contribution >= 4 is 0 Å². The van der Waals surface area contributed by atoms with Gasteiger partial charge in [-0.3, -0.25) is 0 Å². The molecule has 2 nitrogen and oxygen atoms in total. The largest absolute Gasteiger partial charge is 0.493 e. The Labute approximate surface area is 80.8 Å². The Morgan fingerprint density at radius 1 is 1.54 bits per heavy atom. The lowest BCUT2D eigenvalue weighted by Gasteiger charge is -2.09. The minimum atomic E-state index is 0.514. The zero-order valence-corrected chi connectivity index (χ0v) is 8.71. The second-order valence-electron chi connectivity index (χ2n) is 3.46. The summed E-state index contributed by atoms with van der Waals surface area (Å²) in [7, 11) is 0. The monoisotopic (exact) mass is 181 g/mol. The van der Waals surface area contributed by atoms with Crippen molar-refractivity contribution in [3.63, 3.8) is 0 Å². The standard InChI is InChI=1S/C11H19NO/c1-9(2)7-11(5-6-12)13-8-10(3)4/h5-7,10H,1,8,12H2,2-4H3/b6-5-,11-7+. The van der Waals surface area contributed by atoms with Gasteiger partial charge in [0.2, 0.25) is 0 Å². The summed E-state index contributed by atoms with van der Waals surface area (Å²) < 4.78 is 5.49. The average Bonchev–Trinajstić information content (AvgIpc) is 1.99. The van der Waals surface area contributed by atoms with Crippen molar-refractivity contribution in [3.05, 3.63) is 36.3 Å². The molecule has 0 aliphatic rings. The Morgan fingerprint density at radius 2 is 2.15 bits per heavy atom. The van der Waals surface area contributed by atoms with Gasteiger partial charge in [0, 0.05) is 0 Å². The zero-order valence-electron chi connectivity index (χ0n) is 8.71. The van der Waals surface area contributed by atoms with E-state index in [1.54, 1.807) is 6.08 Å². The lowest BCUT2D eigenvalue weighted by molar-refractivity contribution is 0.190. The van der Waals surface area contributed by atoms with Crippen LogP contribution in [-0.4, -0.2) is 6.61 Å². The summed E-state index contributed by atoms with van der Waals surface area (Å²) >= 11 is 0. The van der Waals surface area contributed by atoms with E-state index in [9.17, 15) is 0 Å². The Balaban J connectivity index is 4.18. The van der Waals surface area contributed by atoms with Gasteiger partial charge in [-0.2, -0.15) is 0 Å². The van der Waals surface area contributed by atoms with Crippen LogP contribution < -0.4 is 5.73 Å². The minimum absolute atomic E-state index is 0.514. The molecule has 0 aromatic heterocycles. The van der Waals surface area contributed by atoms with Crippen molar-refractivity contribution in [2.24, 2.45) is 11.7 Å². The second kappa shape index (κ2) is 6.35. The highest BCUT2D eigenvalue weighted by Gasteiger charge is 1.96. The fourth-order valence-corrected chi connectivity index (χ4v) is 0.738. The van der Waals surface area contributed by atoms with E-state index in [1.807, 2.05) is 13.0 Å². The Bertz CT molecular complexity index is 214. The van der Waals surface area contributed by atoms with Gasteiger partial charge < -0.3 is 10.5 Å². The molecule has 0 aliphatic carbocycles.